The van der Waals surface area contributed by atoms with Gasteiger partial charge >= 0.3 is 0 Å². The van der Waals surface area contributed by atoms with Crippen molar-refractivity contribution in [2.45, 2.75) is 32.1 Å². The molecule has 0 fully saturated rings. The van der Waals surface area contributed by atoms with Gasteiger partial charge in [0, 0.05) is 10.4 Å². The normalized spacial score (nSPS) is 15.0. The molecule has 0 nitrogen and oxygen atoms in total. The predicted octanol–water partition coefficient (Wildman–Crippen LogP) is 4.68. The lowest BCUT2D eigenvalue weighted by atomic mass is 9.94. The van der Waals surface area contributed by atoms with Gasteiger partial charge in [-0.05, 0) is 43.0 Å². The van der Waals surface area contributed by atoms with Gasteiger partial charge in [-0.3, -0.25) is 0 Å². The Bertz CT molecular complexity index is 323. The molecule has 0 saturated heterocycles. The highest BCUT2D eigenvalue weighted by molar-refractivity contribution is 6.31. The van der Waals surface area contributed by atoms with Crippen molar-refractivity contribution in [2.24, 2.45) is 5.92 Å². The van der Waals surface area contributed by atoms with Crippen LogP contribution in [0.2, 0.25) is 5.02 Å². The van der Waals surface area contributed by atoms with Gasteiger partial charge in [0.25, 0.3) is 0 Å². The predicted molar refractivity (Wildman–Crippen MR) is 64.2 cm³/mol. The van der Waals surface area contributed by atoms with Crippen LogP contribution in [-0.2, 0) is 6.42 Å². The fourth-order valence-corrected chi connectivity index (χ4v) is 2.08. The minimum absolute atomic E-state index is 0.0781. The first-order valence-electron chi connectivity index (χ1n) is 5.12. The number of rotatable bonds is 4. The number of hydrogen-bond acceptors (Lipinski definition) is 0. The van der Waals surface area contributed by atoms with Crippen molar-refractivity contribution in [1.29, 1.82) is 0 Å². The van der Waals surface area contributed by atoms with Gasteiger partial charge in [-0.2, -0.15) is 0 Å². The Morgan fingerprint density at radius 2 is 2.07 bits per heavy atom. The molecule has 15 heavy (non-hydrogen) atoms. The van der Waals surface area contributed by atoms with Crippen LogP contribution in [0, 0.1) is 11.7 Å². The Kier molecular flexibility index (Phi) is 4.88. The van der Waals surface area contributed by atoms with Crippen LogP contribution in [0.1, 0.15) is 25.8 Å². The summed E-state index contributed by atoms with van der Waals surface area (Å²) < 4.78 is 13.0. The fourth-order valence-electron chi connectivity index (χ4n) is 1.61. The van der Waals surface area contributed by atoms with Crippen molar-refractivity contribution >= 4 is 23.2 Å². The lowest BCUT2D eigenvalue weighted by Crippen LogP contribution is -2.13. The van der Waals surface area contributed by atoms with Gasteiger partial charge in [-0.15, -0.1) is 11.6 Å². The molecule has 1 aromatic rings. The van der Waals surface area contributed by atoms with Crippen LogP contribution in [0.25, 0.3) is 0 Å². The van der Waals surface area contributed by atoms with E-state index in [2.05, 4.69) is 6.92 Å². The molecule has 0 saturated carbocycles. The maximum absolute atomic E-state index is 13.0. The van der Waals surface area contributed by atoms with Crippen LogP contribution in [0.15, 0.2) is 18.2 Å². The zero-order chi connectivity index (χ0) is 11.4. The molecule has 0 amide bonds. The van der Waals surface area contributed by atoms with Gasteiger partial charge < -0.3 is 0 Å². The standard InChI is InChI=1S/C12H15Cl2F/c1-3-9(8(2)13)6-10-7-11(15)4-5-12(10)14/h4-5,7-9H,3,6H2,1-2H3. The zero-order valence-electron chi connectivity index (χ0n) is 8.93. The molecule has 1 aromatic carbocycles. The van der Waals surface area contributed by atoms with Crippen LogP contribution in [0.4, 0.5) is 4.39 Å². The molecule has 0 aromatic heterocycles. The average Bonchev–Trinajstić information content (AvgIpc) is 2.18. The third-order valence-electron chi connectivity index (χ3n) is 2.66. The summed E-state index contributed by atoms with van der Waals surface area (Å²) in [6.45, 7) is 4.04. The van der Waals surface area contributed by atoms with E-state index in [0.29, 0.717) is 10.9 Å². The van der Waals surface area contributed by atoms with Crippen molar-refractivity contribution in [3.63, 3.8) is 0 Å². The molecular formula is C12H15Cl2F. The second kappa shape index (κ2) is 5.72. The van der Waals surface area contributed by atoms with E-state index < -0.39 is 0 Å². The lowest BCUT2D eigenvalue weighted by molar-refractivity contribution is 0.495. The summed E-state index contributed by atoms with van der Waals surface area (Å²) in [7, 11) is 0. The molecule has 0 bridgehead atoms. The summed E-state index contributed by atoms with van der Waals surface area (Å²) in [6.07, 6.45) is 1.70. The Labute approximate surface area is 100 Å². The quantitative estimate of drug-likeness (QED) is 0.680. The van der Waals surface area contributed by atoms with Gasteiger partial charge in [-0.1, -0.05) is 24.9 Å². The molecule has 2 atom stereocenters. The maximum Gasteiger partial charge on any atom is 0.123 e. The van der Waals surface area contributed by atoms with Gasteiger partial charge in [0.05, 0.1) is 0 Å². The molecule has 3 heteroatoms. The number of benzene rings is 1. The van der Waals surface area contributed by atoms with E-state index in [1.54, 1.807) is 6.07 Å². The van der Waals surface area contributed by atoms with Crippen LogP contribution in [0.3, 0.4) is 0 Å². The third-order valence-corrected chi connectivity index (χ3v) is 3.39. The molecule has 0 N–H and O–H groups in total. The second-order valence-electron chi connectivity index (χ2n) is 3.79. The van der Waals surface area contributed by atoms with Crippen molar-refractivity contribution in [3.8, 4) is 0 Å². The first-order chi connectivity index (χ1) is 7.04. The van der Waals surface area contributed by atoms with Crippen molar-refractivity contribution in [3.05, 3.63) is 34.6 Å². The first-order valence-corrected chi connectivity index (χ1v) is 5.94. The highest BCUT2D eigenvalue weighted by Crippen LogP contribution is 2.25. The zero-order valence-corrected chi connectivity index (χ0v) is 10.4. The van der Waals surface area contributed by atoms with E-state index >= 15 is 0 Å². The molecule has 0 aliphatic rings. The maximum atomic E-state index is 13.0. The van der Waals surface area contributed by atoms with Crippen molar-refractivity contribution in [2.75, 3.05) is 0 Å². The van der Waals surface area contributed by atoms with Gasteiger partial charge in [-0.25, -0.2) is 4.39 Å². The molecule has 84 valence electrons. The van der Waals surface area contributed by atoms with E-state index in [4.69, 9.17) is 23.2 Å². The Balaban J connectivity index is 2.82. The largest absolute Gasteiger partial charge is 0.207 e. The third kappa shape index (κ3) is 3.66. The summed E-state index contributed by atoms with van der Waals surface area (Å²) in [4.78, 5) is 0. The molecule has 1 rings (SSSR count). The Hall–Kier alpha value is -0.270. The lowest BCUT2D eigenvalue weighted by Gasteiger charge is -2.17. The molecule has 0 spiro atoms. The monoisotopic (exact) mass is 248 g/mol. The molecule has 2 unspecified atom stereocenters. The van der Waals surface area contributed by atoms with Gasteiger partial charge in [0.1, 0.15) is 5.82 Å². The topological polar surface area (TPSA) is 0 Å². The highest BCUT2D eigenvalue weighted by atomic mass is 35.5. The van der Waals surface area contributed by atoms with Gasteiger partial charge in [0.15, 0.2) is 0 Å². The fraction of sp³-hybridized carbons (Fsp3) is 0.500. The molecule has 0 heterocycles. The minimum Gasteiger partial charge on any atom is -0.207 e. The van der Waals surface area contributed by atoms with Gasteiger partial charge in [0.2, 0.25) is 0 Å². The van der Waals surface area contributed by atoms with E-state index in [9.17, 15) is 4.39 Å². The average molecular weight is 249 g/mol. The van der Waals surface area contributed by atoms with Crippen LogP contribution in [-0.4, -0.2) is 5.38 Å². The van der Waals surface area contributed by atoms with Crippen LogP contribution < -0.4 is 0 Å². The van der Waals surface area contributed by atoms with E-state index in [-0.39, 0.29) is 11.2 Å². The highest BCUT2D eigenvalue weighted by Gasteiger charge is 2.15. The number of alkyl halides is 1. The van der Waals surface area contributed by atoms with E-state index in [1.807, 2.05) is 6.92 Å². The smallest absolute Gasteiger partial charge is 0.123 e. The molecule has 0 aliphatic carbocycles. The Morgan fingerprint density at radius 1 is 1.40 bits per heavy atom. The summed E-state index contributed by atoms with van der Waals surface area (Å²) in [5.74, 6) is 0.0949. The number of hydrogen-bond donors (Lipinski definition) is 0. The van der Waals surface area contributed by atoms with E-state index in [0.717, 1.165) is 18.4 Å². The molecule has 0 radical (unpaired) electrons. The van der Waals surface area contributed by atoms with E-state index in [1.165, 1.54) is 12.1 Å². The minimum atomic E-state index is -0.244. The SMILES string of the molecule is CCC(Cc1cc(F)ccc1Cl)C(C)Cl. The van der Waals surface area contributed by atoms with Crippen molar-refractivity contribution < 1.29 is 4.39 Å². The first kappa shape index (κ1) is 12.8. The summed E-state index contributed by atoms with van der Waals surface area (Å²) in [5, 5.41) is 0.696. The second-order valence-corrected chi connectivity index (χ2v) is 4.88. The van der Waals surface area contributed by atoms with Crippen LogP contribution in [0.5, 0.6) is 0 Å². The Morgan fingerprint density at radius 3 is 2.60 bits per heavy atom. The summed E-state index contributed by atoms with van der Waals surface area (Å²) >= 11 is 12.0. The molecular weight excluding hydrogens is 234 g/mol. The van der Waals surface area contributed by atoms with Crippen LogP contribution >= 0.6 is 23.2 Å². The summed E-state index contributed by atoms with van der Waals surface area (Å²) in [6, 6.07) is 4.46. The molecule has 0 aliphatic heterocycles. The summed E-state index contributed by atoms with van der Waals surface area (Å²) in [5.41, 5.74) is 0.844. The van der Waals surface area contributed by atoms with Crippen molar-refractivity contribution in [1.82, 2.24) is 0 Å². The number of halogens is 3.